The summed E-state index contributed by atoms with van der Waals surface area (Å²) in [4.78, 5) is 23.0. The van der Waals surface area contributed by atoms with Crippen molar-refractivity contribution in [3.63, 3.8) is 0 Å². The van der Waals surface area contributed by atoms with Crippen molar-refractivity contribution in [2.75, 3.05) is 13.6 Å². The molecule has 0 aromatic rings. The molecule has 1 unspecified atom stereocenters. The molecular weight excluding hydrogens is 216 g/mol. The molecule has 0 bridgehead atoms. The van der Waals surface area contributed by atoms with Gasteiger partial charge in [0.2, 0.25) is 5.91 Å². The zero-order valence-corrected chi connectivity index (χ0v) is 11.3. The Morgan fingerprint density at radius 2 is 1.82 bits per heavy atom. The van der Waals surface area contributed by atoms with Crippen LogP contribution in [0, 0.1) is 0 Å². The fraction of sp³-hybridized carbons (Fsp3) is 0.846. The standard InChI is InChI=1S/C13H26N2O2/c1-4-6-7-8-9-15-13(17)10-11(14-3)12(16)5-2/h11,14H,4-10H2,1-3H3,(H,15,17). The van der Waals surface area contributed by atoms with Gasteiger partial charge in [0.25, 0.3) is 0 Å². The van der Waals surface area contributed by atoms with E-state index in [1.165, 1.54) is 12.8 Å². The van der Waals surface area contributed by atoms with Crippen molar-refractivity contribution in [2.45, 2.75) is 58.4 Å². The number of unbranched alkanes of at least 4 members (excludes halogenated alkanes) is 3. The molecule has 0 radical (unpaired) electrons. The van der Waals surface area contributed by atoms with E-state index < -0.39 is 0 Å². The Hall–Kier alpha value is -0.900. The second-order valence-corrected chi connectivity index (χ2v) is 4.28. The maximum Gasteiger partial charge on any atom is 0.222 e. The third kappa shape index (κ3) is 7.91. The molecule has 0 saturated carbocycles. The van der Waals surface area contributed by atoms with Gasteiger partial charge in [-0.2, -0.15) is 0 Å². The molecule has 100 valence electrons. The zero-order valence-electron chi connectivity index (χ0n) is 11.3. The van der Waals surface area contributed by atoms with E-state index in [1.807, 2.05) is 6.92 Å². The van der Waals surface area contributed by atoms with Crippen LogP contribution in [0.25, 0.3) is 0 Å². The lowest BCUT2D eigenvalue weighted by molar-refractivity contribution is -0.127. The molecular formula is C13H26N2O2. The van der Waals surface area contributed by atoms with Gasteiger partial charge in [-0.1, -0.05) is 33.1 Å². The molecule has 2 N–H and O–H groups in total. The fourth-order valence-corrected chi connectivity index (χ4v) is 1.66. The molecule has 0 fully saturated rings. The SMILES string of the molecule is CCCCCCNC(=O)CC(NC)C(=O)CC. The van der Waals surface area contributed by atoms with Gasteiger partial charge in [0.1, 0.15) is 5.78 Å². The van der Waals surface area contributed by atoms with Crippen LogP contribution in [-0.2, 0) is 9.59 Å². The molecule has 0 aliphatic rings. The summed E-state index contributed by atoms with van der Waals surface area (Å²) in [5.41, 5.74) is 0. The van der Waals surface area contributed by atoms with Gasteiger partial charge >= 0.3 is 0 Å². The Kier molecular flexibility index (Phi) is 9.72. The number of hydrogen-bond donors (Lipinski definition) is 2. The highest BCUT2D eigenvalue weighted by Gasteiger charge is 2.17. The van der Waals surface area contributed by atoms with Crippen molar-refractivity contribution in [3.8, 4) is 0 Å². The van der Waals surface area contributed by atoms with Gasteiger partial charge in [0, 0.05) is 19.4 Å². The van der Waals surface area contributed by atoms with Crippen molar-refractivity contribution in [1.29, 1.82) is 0 Å². The summed E-state index contributed by atoms with van der Waals surface area (Å²) in [5, 5.41) is 5.74. The summed E-state index contributed by atoms with van der Waals surface area (Å²) in [6, 6.07) is -0.337. The molecule has 0 aliphatic carbocycles. The van der Waals surface area contributed by atoms with E-state index in [2.05, 4.69) is 17.6 Å². The van der Waals surface area contributed by atoms with Crippen LogP contribution in [0.2, 0.25) is 0 Å². The minimum Gasteiger partial charge on any atom is -0.356 e. The third-order valence-corrected chi connectivity index (χ3v) is 2.83. The zero-order chi connectivity index (χ0) is 13.1. The van der Waals surface area contributed by atoms with Crippen molar-refractivity contribution in [2.24, 2.45) is 0 Å². The van der Waals surface area contributed by atoms with Crippen LogP contribution in [0.4, 0.5) is 0 Å². The van der Waals surface area contributed by atoms with Crippen LogP contribution in [-0.4, -0.2) is 31.3 Å². The van der Waals surface area contributed by atoms with Crippen LogP contribution in [0.1, 0.15) is 52.4 Å². The van der Waals surface area contributed by atoms with E-state index in [9.17, 15) is 9.59 Å². The topological polar surface area (TPSA) is 58.2 Å². The summed E-state index contributed by atoms with van der Waals surface area (Å²) >= 11 is 0. The van der Waals surface area contributed by atoms with Crippen LogP contribution in [0.5, 0.6) is 0 Å². The largest absolute Gasteiger partial charge is 0.356 e. The molecule has 17 heavy (non-hydrogen) atoms. The minimum absolute atomic E-state index is 0.0392. The van der Waals surface area contributed by atoms with E-state index in [0.29, 0.717) is 6.42 Å². The summed E-state index contributed by atoms with van der Waals surface area (Å²) in [6.45, 7) is 4.69. The molecule has 0 heterocycles. The van der Waals surface area contributed by atoms with Crippen LogP contribution in [0.15, 0.2) is 0 Å². The molecule has 1 amide bonds. The van der Waals surface area contributed by atoms with Crippen LogP contribution < -0.4 is 10.6 Å². The lowest BCUT2D eigenvalue weighted by Crippen LogP contribution is -2.39. The fourth-order valence-electron chi connectivity index (χ4n) is 1.66. The highest BCUT2D eigenvalue weighted by molar-refractivity contribution is 5.89. The van der Waals surface area contributed by atoms with E-state index in [0.717, 1.165) is 19.4 Å². The lowest BCUT2D eigenvalue weighted by Gasteiger charge is -2.13. The normalized spacial score (nSPS) is 12.2. The maximum atomic E-state index is 11.6. The van der Waals surface area contributed by atoms with Crippen molar-refractivity contribution >= 4 is 11.7 Å². The highest BCUT2D eigenvalue weighted by Crippen LogP contribution is 1.99. The first-order valence-corrected chi connectivity index (χ1v) is 6.62. The van der Waals surface area contributed by atoms with E-state index in [4.69, 9.17) is 0 Å². The maximum absolute atomic E-state index is 11.6. The molecule has 4 nitrogen and oxygen atoms in total. The summed E-state index contributed by atoms with van der Waals surface area (Å²) in [5.74, 6) is 0.0521. The first-order valence-electron chi connectivity index (χ1n) is 6.62. The van der Waals surface area contributed by atoms with Gasteiger partial charge in [-0.25, -0.2) is 0 Å². The Labute approximate surface area is 105 Å². The average molecular weight is 242 g/mol. The molecule has 4 heteroatoms. The number of nitrogens with one attached hydrogen (secondary N) is 2. The number of carbonyl (C=O) groups excluding carboxylic acids is 2. The van der Waals surface area contributed by atoms with Gasteiger partial charge in [-0.15, -0.1) is 0 Å². The number of hydrogen-bond acceptors (Lipinski definition) is 3. The number of ketones is 1. The first kappa shape index (κ1) is 16.1. The number of likely N-dealkylation sites (N-methyl/N-ethyl adjacent to an activating group) is 1. The quantitative estimate of drug-likeness (QED) is 0.573. The molecule has 0 aliphatic heterocycles. The Balaban J connectivity index is 3.72. The number of rotatable bonds is 10. The van der Waals surface area contributed by atoms with Crippen molar-refractivity contribution in [1.82, 2.24) is 10.6 Å². The second-order valence-electron chi connectivity index (χ2n) is 4.28. The minimum atomic E-state index is -0.337. The van der Waals surface area contributed by atoms with Gasteiger partial charge < -0.3 is 10.6 Å². The molecule has 0 spiro atoms. The average Bonchev–Trinajstić information content (AvgIpc) is 2.34. The Morgan fingerprint density at radius 1 is 1.12 bits per heavy atom. The van der Waals surface area contributed by atoms with E-state index in [-0.39, 0.29) is 24.2 Å². The summed E-state index contributed by atoms with van der Waals surface area (Å²) < 4.78 is 0. The molecule has 0 saturated heterocycles. The van der Waals surface area contributed by atoms with Crippen LogP contribution in [0.3, 0.4) is 0 Å². The van der Waals surface area contributed by atoms with Gasteiger partial charge in [-0.05, 0) is 13.5 Å². The van der Waals surface area contributed by atoms with Gasteiger partial charge in [0.05, 0.1) is 6.04 Å². The third-order valence-electron chi connectivity index (χ3n) is 2.83. The predicted molar refractivity (Wildman–Crippen MR) is 69.9 cm³/mol. The number of carbonyl (C=O) groups is 2. The van der Waals surface area contributed by atoms with Crippen LogP contribution >= 0.6 is 0 Å². The Morgan fingerprint density at radius 3 is 2.35 bits per heavy atom. The highest BCUT2D eigenvalue weighted by atomic mass is 16.2. The Bertz CT molecular complexity index is 229. The van der Waals surface area contributed by atoms with Gasteiger partial charge in [0.15, 0.2) is 0 Å². The number of amides is 1. The lowest BCUT2D eigenvalue weighted by atomic mass is 10.1. The molecule has 0 rings (SSSR count). The van der Waals surface area contributed by atoms with Crippen molar-refractivity contribution in [3.05, 3.63) is 0 Å². The van der Waals surface area contributed by atoms with E-state index in [1.54, 1.807) is 7.05 Å². The van der Waals surface area contributed by atoms with Crippen molar-refractivity contribution < 1.29 is 9.59 Å². The van der Waals surface area contributed by atoms with Gasteiger partial charge in [-0.3, -0.25) is 9.59 Å². The molecule has 0 aromatic heterocycles. The van der Waals surface area contributed by atoms with E-state index >= 15 is 0 Å². The monoisotopic (exact) mass is 242 g/mol. The smallest absolute Gasteiger partial charge is 0.222 e. The molecule has 0 aromatic carbocycles. The number of Topliss-reactive ketones (excluding diaryl/α,β-unsaturated/α-hetero) is 1. The molecule has 1 atom stereocenters. The second kappa shape index (κ2) is 10.3. The predicted octanol–water partition coefficient (Wildman–Crippen LogP) is 1.64. The summed E-state index contributed by atoms with van der Waals surface area (Å²) in [7, 11) is 1.72. The first-order chi connectivity index (χ1) is 8.15. The summed E-state index contributed by atoms with van der Waals surface area (Å²) in [6.07, 6.45) is 5.29.